The Kier molecular flexibility index (Phi) is 3.95. The van der Waals surface area contributed by atoms with E-state index >= 15 is 0 Å². The smallest absolute Gasteiger partial charge is 0.288 e. The van der Waals surface area contributed by atoms with Gasteiger partial charge in [0.1, 0.15) is 5.56 Å². The normalized spacial score (nSPS) is 10.1. The monoisotopic (exact) mass is 306 g/mol. The summed E-state index contributed by atoms with van der Waals surface area (Å²) in [5.74, 6) is -0.626. The van der Waals surface area contributed by atoms with Crippen molar-refractivity contribution >= 4 is 28.8 Å². The molecule has 0 saturated carbocycles. The van der Waals surface area contributed by atoms with Crippen LogP contribution in [0.1, 0.15) is 15.9 Å². The second kappa shape index (κ2) is 5.68. The molecule has 0 amide bonds. The summed E-state index contributed by atoms with van der Waals surface area (Å²) >= 11 is 5.70. The van der Waals surface area contributed by atoms with Crippen LogP contribution in [0.4, 0.5) is 11.4 Å². The van der Waals surface area contributed by atoms with Crippen LogP contribution >= 0.6 is 11.6 Å². The summed E-state index contributed by atoms with van der Waals surface area (Å²) in [5.41, 5.74) is -1.44. The van der Waals surface area contributed by atoms with Crippen LogP contribution < -0.4 is 0 Å². The lowest BCUT2D eigenvalue weighted by Gasteiger charge is -2.04. The lowest BCUT2D eigenvalue weighted by Crippen LogP contribution is -2.07. The number of halogens is 1. The van der Waals surface area contributed by atoms with E-state index in [0.29, 0.717) is 0 Å². The van der Waals surface area contributed by atoms with Crippen molar-refractivity contribution < 1.29 is 14.6 Å². The lowest BCUT2D eigenvalue weighted by atomic mass is 10.0. The van der Waals surface area contributed by atoms with Gasteiger partial charge in [0.25, 0.3) is 5.69 Å². The third-order valence-electron chi connectivity index (χ3n) is 2.76. The fraction of sp³-hybridized carbons (Fsp3) is 0. The van der Waals surface area contributed by atoms with E-state index in [4.69, 9.17) is 11.6 Å². The third-order valence-corrected chi connectivity index (χ3v) is 3.13. The van der Waals surface area contributed by atoms with Gasteiger partial charge in [-0.05, 0) is 6.07 Å². The quantitative estimate of drug-likeness (QED) is 0.489. The van der Waals surface area contributed by atoms with Crippen molar-refractivity contribution in [1.29, 1.82) is 0 Å². The third kappa shape index (κ3) is 2.72. The Morgan fingerprint density at radius 2 is 1.57 bits per heavy atom. The molecule has 0 unspecified atom stereocenters. The predicted octanol–water partition coefficient (Wildman–Crippen LogP) is 3.39. The highest BCUT2D eigenvalue weighted by Gasteiger charge is 2.31. The number of carbonyl (C=O) groups is 1. The van der Waals surface area contributed by atoms with Crippen LogP contribution in [0.2, 0.25) is 5.02 Å². The van der Waals surface area contributed by atoms with Gasteiger partial charge in [0.2, 0.25) is 0 Å². The van der Waals surface area contributed by atoms with E-state index in [1.165, 1.54) is 12.1 Å². The second-order valence-corrected chi connectivity index (χ2v) is 4.38. The van der Waals surface area contributed by atoms with E-state index in [9.17, 15) is 25.0 Å². The zero-order valence-electron chi connectivity index (χ0n) is 10.4. The SMILES string of the molecule is O=C(c1ccccc1)c1ccc([N+](=O)[O-])c(Cl)c1[N+](=O)[O-]. The molecule has 0 N–H and O–H groups in total. The van der Waals surface area contributed by atoms with Crippen LogP contribution in [0.15, 0.2) is 42.5 Å². The highest BCUT2D eigenvalue weighted by atomic mass is 35.5. The molecule has 2 rings (SSSR count). The molecule has 0 saturated heterocycles. The first-order chi connectivity index (χ1) is 9.93. The summed E-state index contributed by atoms with van der Waals surface area (Å²) in [5, 5.41) is 21.2. The molecule has 0 atom stereocenters. The summed E-state index contributed by atoms with van der Waals surface area (Å²) in [4.78, 5) is 32.4. The summed E-state index contributed by atoms with van der Waals surface area (Å²) < 4.78 is 0. The molecule has 106 valence electrons. The Hall–Kier alpha value is -2.80. The molecule has 0 spiro atoms. The molecule has 0 aliphatic carbocycles. The van der Waals surface area contributed by atoms with E-state index in [-0.39, 0.29) is 11.1 Å². The molecule has 0 aromatic heterocycles. The zero-order chi connectivity index (χ0) is 15.6. The minimum Gasteiger partial charge on any atom is -0.288 e. The number of ketones is 1. The summed E-state index contributed by atoms with van der Waals surface area (Å²) in [6.45, 7) is 0. The first-order valence-corrected chi connectivity index (χ1v) is 6.02. The van der Waals surface area contributed by atoms with Gasteiger partial charge in [0, 0.05) is 11.6 Å². The number of nitro groups is 2. The largest absolute Gasteiger partial charge is 0.306 e. The van der Waals surface area contributed by atoms with Gasteiger partial charge in [-0.25, -0.2) is 0 Å². The van der Waals surface area contributed by atoms with E-state index in [0.717, 1.165) is 12.1 Å². The number of benzene rings is 2. The molecule has 2 aromatic rings. The van der Waals surface area contributed by atoms with Crippen LogP contribution in [0.5, 0.6) is 0 Å². The molecule has 7 nitrogen and oxygen atoms in total. The Morgan fingerprint density at radius 1 is 0.952 bits per heavy atom. The predicted molar refractivity (Wildman–Crippen MR) is 74.6 cm³/mol. The van der Waals surface area contributed by atoms with Gasteiger partial charge in [-0.3, -0.25) is 25.0 Å². The standard InChI is InChI=1S/C13H7ClN2O5/c14-11-10(15(18)19)7-6-9(12(11)16(20)21)13(17)8-4-2-1-3-5-8/h1-7H. The molecule has 0 aliphatic heterocycles. The first-order valence-electron chi connectivity index (χ1n) is 5.64. The number of nitro benzene ring substituents is 2. The van der Waals surface area contributed by atoms with Crippen molar-refractivity contribution in [1.82, 2.24) is 0 Å². The fourth-order valence-electron chi connectivity index (χ4n) is 1.80. The maximum Gasteiger partial charge on any atom is 0.306 e. The van der Waals surface area contributed by atoms with E-state index in [2.05, 4.69) is 0 Å². The molecular weight excluding hydrogens is 300 g/mol. The number of hydrogen-bond acceptors (Lipinski definition) is 5. The second-order valence-electron chi connectivity index (χ2n) is 4.00. The Balaban J connectivity index is 2.65. The van der Waals surface area contributed by atoms with Gasteiger partial charge in [0.15, 0.2) is 10.8 Å². The van der Waals surface area contributed by atoms with Gasteiger partial charge >= 0.3 is 5.69 Å². The van der Waals surface area contributed by atoms with Crippen LogP contribution in [0, 0.1) is 20.2 Å². The van der Waals surface area contributed by atoms with Gasteiger partial charge < -0.3 is 0 Å². The van der Waals surface area contributed by atoms with Crippen LogP contribution in [-0.2, 0) is 0 Å². The Bertz CT molecular complexity index is 746. The van der Waals surface area contributed by atoms with Crippen molar-refractivity contribution in [3.05, 3.63) is 78.8 Å². The fourth-order valence-corrected chi connectivity index (χ4v) is 2.10. The minimum absolute atomic E-state index is 0.227. The molecule has 0 fully saturated rings. The summed E-state index contributed by atoms with van der Waals surface area (Å²) in [6.07, 6.45) is 0. The van der Waals surface area contributed by atoms with Crippen molar-refractivity contribution in [3.8, 4) is 0 Å². The molecule has 8 heteroatoms. The average molecular weight is 307 g/mol. The minimum atomic E-state index is -0.897. The van der Waals surface area contributed by atoms with Gasteiger partial charge in [-0.1, -0.05) is 41.9 Å². The van der Waals surface area contributed by atoms with Crippen molar-refractivity contribution in [3.63, 3.8) is 0 Å². The molecule has 0 aliphatic rings. The molecular formula is C13H7ClN2O5. The molecule has 0 bridgehead atoms. The highest BCUT2D eigenvalue weighted by Crippen LogP contribution is 2.37. The van der Waals surface area contributed by atoms with Crippen LogP contribution in [0.3, 0.4) is 0 Å². The molecule has 0 heterocycles. The summed E-state index contributed by atoms with van der Waals surface area (Å²) in [6, 6.07) is 9.89. The van der Waals surface area contributed by atoms with Gasteiger partial charge in [0.05, 0.1) is 9.85 Å². The van der Waals surface area contributed by atoms with Crippen molar-refractivity contribution in [2.45, 2.75) is 0 Å². The van der Waals surface area contributed by atoms with Crippen LogP contribution in [0.25, 0.3) is 0 Å². The number of rotatable bonds is 4. The Labute approximate surface area is 123 Å². The van der Waals surface area contributed by atoms with E-state index in [1.807, 2.05) is 0 Å². The maximum absolute atomic E-state index is 12.3. The topological polar surface area (TPSA) is 103 Å². The molecule has 21 heavy (non-hydrogen) atoms. The van der Waals surface area contributed by atoms with Gasteiger partial charge in [-0.2, -0.15) is 0 Å². The first kappa shape index (κ1) is 14.6. The Morgan fingerprint density at radius 3 is 2.10 bits per heavy atom. The molecule has 0 radical (unpaired) electrons. The molecule has 2 aromatic carbocycles. The zero-order valence-corrected chi connectivity index (χ0v) is 11.1. The number of nitrogens with zero attached hydrogens (tertiary/aromatic N) is 2. The average Bonchev–Trinajstić information content (AvgIpc) is 2.46. The lowest BCUT2D eigenvalue weighted by molar-refractivity contribution is -0.394. The van der Waals surface area contributed by atoms with Crippen LogP contribution in [-0.4, -0.2) is 15.6 Å². The van der Waals surface area contributed by atoms with Crippen molar-refractivity contribution in [2.24, 2.45) is 0 Å². The van der Waals surface area contributed by atoms with E-state index in [1.54, 1.807) is 18.2 Å². The highest BCUT2D eigenvalue weighted by molar-refractivity contribution is 6.35. The van der Waals surface area contributed by atoms with Gasteiger partial charge in [-0.15, -0.1) is 0 Å². The van der Waals surface area contributed by atoms with Crippen molar-refractivity contribution in [2.75, 3.05) is 0 Å². The number of hydrogen-bond donors (Lipinski definition) is 0. The summed E-state index contributed by atoms with van der Waals surface area (Å²) in [7, 11) is 0. The maximum atomic E-state index is 12.3. The van der Waals surface area contributed by atoms with E-state index < -0.39 is 32.0 Å². The number of carbonyl (C=O) groups excluding carboxylic acids is 1.